The highest BCUT2D eigenvalue weighted by Gasteiger charge is 2.39. The van der Waals surface area contributed by atoms with Crippen LogP contribution in [0, 0.1) is 11.8 Å². The number of nitrogens with one attached hydrogen (secondary N) is 1. The summed E-state index contributed by atoms with van der Waals surface area (Å²) in [6.45, 7) is 4.67. The molecule has 0 aromatic heterocycles. The highest BCUT2D eigenvalue weighted by molar-refractivity contribution is 5.84. The van der Waals surface area contributed by atoms with Gasteiger partial charge in [0.1, 0.15) is 12.4 Å². The van der Waals surface area contributed by atoms with E-state index in [1.165, 1.54) is 25.0 Å². The summed E-state index contributed by atoms with van der Waals surface area (Å²) in [6.07, 6.45) is -1.89. The number of rotatable bonds is 5. The van der Waals surface area contributed by atoms with Crippen molar-refractivity contribution in [2.75, 3.05) is 25.0 Å². The Morgan fingerprint density at radius 1 is 1.31 bits per heavy atom. The molecule has 2 bridgehead atoms. The number of anilines is 1. The molecule has 0 aliphatic carbocycles. The Kier molecular flexibility index (Phi) is 5.60. The van der Waals surface area contributed by atoms with Gasteiger partial charge in [-0.15, -0.1) is 13.2 Å². The third-order valence-electron chi connectivity index (χ3n) is 5.28. The van der Waals surface area contributed by atoms with Crippen molar-refractivity contribution in [2.45, 2.75) is 38.6 Å². The second-order valence-electron chi connectivity index (χ2n) is 6.90. The number of piperidine rings is 3. The molecule has 1 aromatic rings. The third kappa shape index (κ3) is 4.81. The molecule has 5 nitrogen and oxygen atoms in total. The van der Waals surface area contributed by atoms with E-state index in [1.54, 1.807) is 0 Å². The van der Waals surface area contributed by atoms with Gasteiger partial charge in [-0.2, -0.15) is 0 Å². The summed E-state index contributed by atoms with van der Waals surface area (Å²) in [5.74, 6) is 1.11. The molecule has 1 amide bonds. The van der Waals surface area contributed by atoms with Crippen LogP contribution in [0.15, 0.2) is 24.3 Å². The standard InChI is InChI=1S/C18H23F3N2O3/c1-2-12-10-23-8-7-13(12)9-15(23)11-25-17(24)22-14-3-5-16(6-4-14)26-18(19,20)21/h3-6,12-13,15H,2,7-11H2,1H3,(H,22,24)/t12-,13+,15-/m1/s1. The minimum atomic E-state index is -4.74. The first-order valence-corrected chi connectivity index (χ1v) is 8.87. The second-order valence-corrected chi connectivity index (χ2v) is 6.90. The Morgan fingerprint density at radius 2 is 2.04 bits per heavy atom. The fourth-order valence-electron chi connectivity index (χ4n) is 3.95. The first-order valence-electron chi connectivity index (χ1n) is 8.87. The average molecular weight is 372 g/mol. The maximum absolute atomic E-state index is 12.1. The monoisotopic (exact) mass is 372 g/mol. The molecule has 1 aromatic carbocycles. The molecule has 144 valence electrons. The van der Waals surface area contributed by atoms with E-state index in [0.29, 0.717) is 18.2 Å². The molecule has 0 saturated carbocycles. The van der Waals surface area contributed by atoms with Crippen LogP contribution in [0.25, 0.3) is 0 Å². The van der Waals surface area contributed by atoms with Crippen molar-refractivity contribution in [3.63, 3.8) is 0 Å². The van der Waals surface area contributed by atoms with Crippen molar-refractivity contribution in [1.82, 2.24) is 4.90 Å². The topological polar surface area (TPSA) is 50.8 Å². The number of alkyl halides is 3. The molecule has 4 rings (SSSR count). The van der Waals surface area contributed by atoms with Crippen LogP contribution >= 0.6 is 0 Å². The summed E-state index contributed by atoms with van der Waals surface area (Å²) in [5.41, 5.74) is 0.348. The number of carbonyl (C=O) groups is 1. The summed E-state index contributed by atoms with van der Waals surface area (Å²) in [4.78, 5) is 14.3. The summed E-state index contributed by atoms with van der Waals surface area (Å²) in [6, 6.07) is 5.20. The molecule has 26 heavy (non-hydrogen) atoms. The lowest BCUT2D eigenvalue weighted by molar-refractivity contribution is -0.274. The number of fused-ring (bicyclic) bond motifs is 3. The van der Waals surface area contributed by atoms with Gasteiger partial charge in [0, 0.05) is 18.3 Å². The number of ether oxygens (including phenoxy) is 2. The molecule has 3 aliphatic heterocycles. The molecule has 3 saturated heterocycles. The van der Waals surface area contributed by atoms with E-state index in [0.717, 1.165) is 37.6 Å². The van der Waals surface area contributed by atoms with Gasteiger partial charge < -0.3 is 9.47 Å². The molecule has 0 radical (unpaired) electrons. The zero-order chi connectivity index (χ0) is 18.7. The molecule has 3 aliphatic rings. The number of benzene rings is 1. The SMILES string of the molecule is CC[C@@H]1CN2CC[C@H]1C[C@@H]2COC(=O)Nc1ccc(OC(F)(F)F)cc1. The van der Waals surface area contributed by atoms with Crippen LogP contribution < -0.4 is 10.1 Å². The van der Waals surface area contributed by atoms with Gasteiger partial charge in [0.25, 0.3) is 0 Å². The zero-order valence-electron chi connectivity index (χ0n) is 14.6. The molecule has 4 atom stereocenters. The lowest BCUT2D eigenvalue weighted by Crippen LogP contribution is -2.54. The largest absolute Gasteiger partial charge is 0.573 e. The van der Waals surface area contributed by atoms with Gasteiger partial charge in [-0.05, 0) is 55.5 Å². The van der Waals surface area contributed by atoms with Crippen LogP contribution in [0.5, 0.6) is 5.75 Å². The number of nitrogens with zero attached hydrogens (tertiary/aromatic N) is 1. The first-order chi connectivity index (χ1) is 12.3. The highest BCUT2D eigenvalue weighted by atomic mass is 19.4. The molecule has 0 spiro atoms. The van der Waals surface area contributed by atoms with E-state index in [-0.39, 0.29) is 11.8 Å². The average Bonchev–Trinajstić information content (AvgIpc) is 2.61. The van der Waals surface area contributed by atoms with Crippen molar-refractivity contribution in [3.05, 3.63) is 24.3 Å². The minimum Gasteiger partial charge on any atom is -0.448 e. The van der Waals surface area contributed by atoms with Crippen molar-refractivity contribution < 1.29 is 27.4 Å². The number of amides is 1. The number of carbonyl (C=O) groups excluding carboxylic acids is 1. The van der Waals surface area contributed by atoms with Gasteiger partial charge in [0.2, 0.25) is 0 Å². The summed E-state index contributed by atoms with van der Waals surface area (Å²) in [7, 11) is 0. The van der Waals surface area contributed by atoms with Crippen LogP contribution in [-0.4, -0.2) is 43.1 Å². The smallest absolute Gasteiger partial charge is 0.448 e. The molecular weight excluding hydrogens is 349 g/mol. The molecule has 8 heteroatoms. The van der Waals surface area contributed by atoms with Crippen molar-refractivity contribution in [3.8, 4) is 5.75 Å². The lowest BCUT2D eigenvalue weighted by atomic mass is 9.75. The van der Waals surface area contributed by atoms with Crippen molar-refractivity contribution in [1.29, 1.82) is 0 Å². The third-order valence-corrected chi connectivity index (χ3v) is 5.28. The van der Waals surface area contributed by atoms with Crippen molar-refractivity contribution >= 4 is 11.8 Å². The Labute approximate surface area is 150 Å². The maximum Gasteiger partial charge on any atom is 0.573 e. The first kappa shape index (κ1) is 18.8. The Hall–Kier alpha value is -1.96. The van der Waals surface area contributed by atoms with E-state index >= 15 is 0 Å². The van der Waals surface area contributed by atoms with Crippen LogP contribution in [0.3, 0.4) is 0 Å². The number of hydrogen-bond donors (Lipinski definition) is 1. The predicted octanol–water partition coefficient (Wildman–Crippen LogP) is 4.25. The predicted molar refractivity (Wildman–Crippen MR) is 90.0 cm³/mol. The fraction of sp³-hybridized carbons (Fsp3) is 0.611. The Bertz CT molecular complexity index is 621. The van der Waals surface area contributed by atoms with Gasteiger partial charge in [0.15, 0.2) is 0 Å². The number of halogens is 3. The second kappa shape index (κ2) is 7.73. The van der Waals surface area contributed by atoms with Gasteiger partial charge in [-0.1, -0.05) is 13.3 Å². The van der Waals surface area contributed by atoms with Crippen LogP contribution in [0.2, 0.25) is 0 Å². The quantitative estimate of drug-likeness (QED) is 0.839. The molecule has 1 unspecified atom stereocenters. The normalized spacial score (nSPS) is 27.8. The van der Waals surface area contributed by atoms with Crippen LogP contribution in [-0.2, 0) is 4.74 Å². The van der Waals surface area contributed by atoms with Crippen LogP contribution in [0.1, 0.15) is 26.2 Å². The van der Waals surface area contributed by atoms with Crippen molar-refractivity contribution in [2.24, 2.45) is 11.8 Å². The maximum atomic E-state index is 12.1. The molecule has 3 fully saturated rings. The van der Waals surface area contributed by atoms with E-state index in [2.05, 4.69) is 21.9 Å². The zero-order valence-corrected chi connectivity index (χ0v) is 14.6. The van der Waals surface area contributed by atoms with E-state index in [1.807, 2.05) is 0 Å². The number of hydrogen-bond acceptors (Lipinski definition) is 4. The van der Waals surface area contributed by atoms with Gasteiger partial charge in [-0.3, -0.25) is 10.2 Å². The van der Waals surface area contributed by atoms with Gasteiger partial charge in [-0.25, -0.2) is 4.79 Å². The van der Waals surface area contributed by atoms with Gasteiger partial charge in [0.05, 0.1) is 0 Å². The fourth-order valence-corrected chi connectivity index (χ4v) is 3.95. The van der Waals surface area contributed by atoms with Crippen LogP contribution in [0.4, 0.5) is 23.7 Å². The Balaban J connectivity index is 1.45. The summed E-state index contributed by atoms with van der Waals surface area (Å²) in [5, 5.41) is 2.52. The van der Waals surface area contributed by atoms with E-state index in [4.69, 9.17) is 4.74 Å². The lowest BCUT2D eigenvalue weighted by Gasteiger charge is -2.49. The molecule has 3 heterocycles. The summed E-state index contributed by atoms with van der Waals surface area (Å²) >= 11 is 0. The van der Waals surface area contributed by atoms with E-state index < -0.39 is 12.5 Å². The molecule has 1 N–H and O–H groups in total. The minimum absolute atomic E-state index is 0.255. The summed E-state index contributed by atoms with van der Waals surface area (Å²) < 4.78 is 45.5. The Morgan fingerprint density at radius 3 is 2.62 bits per heavy atom. The molecular formula is C18H23F3N2O3. The highest BCUT2D eigenvalue weighted by Crippen LogP contribution is 2.37. The van der Waals surface area contributed by atoms with Gasteiger partial charge >= 0.3 is 12.5 Å². The van der Waals surface area contributed by atoms with E-state index in [9.17, 15) is 18.0 Å².